The van der Waals surface area contributed by atoms with E-state index in [0.717, 1.165) is 19.4 Å². The van der Waals surface area contributed by atoms with E-state index in [1.165, 1.54) is 12.5 Å². The summed E-state index contributed by atoms with van der Waals surface area (Å²) in [7, 11) is 4.14. The predicted octanol–water partition coefficient (Wildman–Crippen LogP) is 1.84. The number of anilines is 1. The van der Waals surface area contributed by atoms with Gasteiger partial charge in [-0.05, 0) is 45.5 Å². The van der Waals surface area contributed by atoms with Gasteiger partial charge in [0.2, 0.25) is 5.91 Å². The molecule has 0 bridgehead atoms. The number of hydrogen-bond acceptors (Lipinski definition) is 3. The highest BCUT2D eigenvalue weighted by atomic mass is 19.1. The molecule has 0 aliphatic heterocycles. The number of carbonyl (C=O) groups excluding carboxylic acids is 1. The molecular weight excluding hydrogens is 257 g/mol. The van der Waals surface area contributed by atoms with E-state index in [2.05, 4.69) is 29.6 Å². The molecule has 0 saturated heterocycles. The van der Waals surface area contributed by atoms with E-state index >= 15 is 0 Å². The van der Waals surface area contributed by atoms with Crippen LogP contribution in [0, 0.1) is 5.82 Å². The zero-order chi connectivity index (χ0) is 14.6. The smallest absolute Gasteiger partial charge is 0.238 e. The second kappa shape index (κ2) is 6.33. The summed E-state index contributed by atoms with van der Waals surface area (Å²) in [5, 5.41) is 5.74. The monoisotopic (exact) mass is 279 g/mol. The topological polar surface area (TPSA) is 44.4 Å². The minimum absolute atomic E-state index is 0.179. The van der Waals surface area contributed by atoms with Crippen LogP contribution in [0.3, 0.4) is 0 Å². The summed E-state index contributed by atoms with van der Waals surface area (Å²) in [5.74, 6) is -0.632. The van der Waals surface area contributed by atoms with Crippen LogP contribution in [0.25, 0.3) is 0 Å². The number of benzene rings is 1. The van der Waals surface area contributed by atoms with Crippen molar-refractivity contribution < 1.29 is 9.18 Å². The molecule has 0 spiro atoms. The minimum Gasteiger partial charge on any atom is -0.322 e. The molecule has 0 radical (unpaired) electrons. The van der Waals surface area contributed by atoms with Gasteiger partial charge in [-0.3, -0.25) is 4.79 Å². The molecule has 110 valence electrons. The molecule has 1 aromatic carbocycles. The van der Waals surface area contributed by atoms with E-state index in [1.54, 1.807) is 18.2 Å². The Labute approximate surface area is 119 Å². The molecule has 1 saturated carbocycles. The van der Waals surface area contributed by atoms with Crippen LogP contribution in [0.1, 0.15) is 19.3 Å². The molecule has 1 aliphatic rings. The Morgan fingerprint density at radius 3 is 2.60 bits per heavy atom. The van der Waals surface area contributed by atoms with Gasteiger partial charge in [0.05, 0.1) is 12.2 Å². The van der Waals surface area contributed by atoms with E-state index < -0.39 is 5.82 Å². The maximum Gasteiger partial charge on any atom is 0.238 e. The second-order valence-corrected chi connectivity index (χ2v) is 5.60. The van der Waals surface area contributed by atoms with Crippen molar-refractivity contribution in [3.63, 3.8) is 0 Å². The number of rotatable bonds is 6. The van der Waals surface area contributed by atoms with Gasteiger partial charge in [-0.15, -0.1) is 0 Å². The van der Waals surface area contributed by atoms with Crippen LogP contribution in [0.2, 0.25) is 0 Å². The summed E-state index contributed by atoms with van der Waals surface area (Å²) in [6, 6.07) is 6.18. The van der Waals surface area contributed by atoms with Crippen LogP contribution in [-0.4, -0.2) is 43.5 Å². The number of nitrogens with one attached hydrogen (secondary N) is 2. The molecule has 4 nitrogen and oxygen atoms in total. The van der Waals surface area contributed by atoms with Crippen LogP contribution >= 0.6 is 0 Å². The molecule has 0 heterocycles. The standard InChI is InChI=1S/C15H22FN3O/c1-19(2)15(8-5-9-15)11-17-10-14(20)18-13-7-4-3-6-12(13)16/h3-4,6-7,17H,5,8-11H2,1-2H3,(H,18,20). The summed E-state index contributed by atoms with van der Waals surface area (Å²) < 4.78 is 13.4. The Hall–Kier alpha value is -1.46. The number of halogens is 1. The highest BCUT2D eigenvalue weighted by Gasteiger charge is 2.38. The van der Waals surface area contributed by atoms with Gasteiger partial charge in [0.25, 0.3) is 0 Å². The van der Waals surface area contributed by atoms with E-state index in [0.29, 0.717) is 0 Å². The number of carbonyl (C=O) groups is 1. The molecule has 5 heteroatoms. The predicted molar refractivity (Wildman–Crippen MR) is 78.2 cm³/mol. The van der Waals surface area contributed by atoms with Crippen molar-refractivity contribution in [2.75, 3.05) is 32.5 Å². The zero-order valence-electron chi connectivity index (χ0n) is 12.1. The fraction of sp³-hybridized carbons (Fsp3) is 0.533. The molecule has 20 heavy (non-hydrogen) atoms. The first kappa shape index (κ1) is 14.9. The normalized spacial score (nSPS) is 16.8. The molecule has 0 aromatic heterocycles. The molecule has 1 fully saturated rings. The van der Waals surface area contributed by atoms with Gasteiger partial charge >= 0.3 is 0 Å². The lowest BCUT2D eigenvalue weighted by atomic mass is 9.75. The second-order valence-electron chi connectivity index (χ2n) is 5.60. The van der Waals surface area contributed by atoms with Crippen molar-refractivity contribution in [3.8, 4) is 0 Å². The first-order valence-electron chi connectivity index (χ1n) is 6.96. The Bertz CT molecular complexity index is 472. The van der Waals surface area contributed by atoms with Crippen molar-refractivity contribution in [2.45, 2.75) is 24.8 Å². The fourth-order valence-electron chi connectivity index (χ4n) is 2.53. The van der Waals surface area contributed by atoms with Gasteiger partial charge in [-0.1, -0.05) is 12.1 Å². The third-order valence-electron chi connectivity index (χ3n) is 4.12. The number of likely N-dealkylation sites (N-methyl/N-ethyl adjacent to an activating group) is 1. The maximum atomic E-state index is 13.4. The van der Waals surface area contributed by atoms with Gasteiger partial charge in [0.15, 0.2) is 0 Å². The molecule has 1 aliphatic carbocycles. The molecule has 2 rings (SSSR count). The maximum absolute atomic E-state index is 13.4. The average Bonchev–Trinajstić information content (AvgIpc) is 2.35. The molecule has 2 N–H and O–H groups in total. The minimum atomic E-state index is -0.412. The molecular formula is C15H22FN3O. The number of amides is 1. The van der Waals surface area contributed by atoms with Crippen LogP contribution in [0.15, 0.2) is 24.3 Å². The molecule has 0 unspecified atom stereocenters. The number of hydrogen-bond donors (Lipinski definition) is 2. The highest BCUT2D eigenvalue weighted by molar-refractivity contribution is 5.92. The van der Waals surface area contributed by atoms with E-state index in [-0.39, 0.29) is 23.7 Å². The third kappa shape index (κ3) is 3.35. The molecule has 1 aromatic rings. The summed E-state index contributed by atoms with van der Waals surface area (Å²) in [5.41, 5.74) is 0.406. The number of para-hydroxylation sites is 1. The lowest BCUT2D eigenvalue weighted by Gasteiger charge is -2.47. The average molecular weight is 279 g/mol. The first-order valence-corrected chi connectivity index (χ1v) is 6.96. The Morgan fingerprint density at radius 2 is 2.05 bits per heavy atom. The first-order chi connectivity index (χ1) is 9.53. The van der Waals surface area contributed by atoms with Crippen LogP contribution in [0.4, 0.5) is 10.1 Å². The SMILES string of the molecule is CN(C)C1(CNCC(=O)Nc2ccccc2F)CCC1. The van der Waals surface area contributed by atoms with E-state index in [9.17, 15) is 9.18 Å². The Morgan fingerprint density at radius 1 is 1.35 bits per heavy atom. The quantitative estimate of drug-likeness (QED) is 0.835. The van der Waals surface area contributed by atoms with Crippen molar-refractivity contribution in [1.29, 1.82) is 0 Å². The zero-order valence-corrected chi connectivity index (χ0v) is 12.1. The number of nitrogens with zero attached hydrogens (tertiary/aromatic N) is 1. The highest BCUT2D eigenvalue weighted by Crippen LogP contribution is 2.35. The van der Waals surface area contributed by atoms with E-state index in [1.807, 2.05) is 0 Å². The van der Waals surface area contributed by atoms with Gasteiger partial charge in [0.1, 0.15) is 5.82 Å². The van der Waals surface area contributed by atoms with Crippen molar-refractivity contribution in [3.05, 3.63) is 30.1 Å². The van der Waals surface area contributed by atoms with E-state index in [4.69, 9.17) is 0 Å². The lowest BCUT2D eigenvalue weighted by molar-refractivity contribution is -0.115. The van der Waals surface area contributed by atoms with Crippen molar-refractivity contribution in [1.82, 2.24) is 10.2 Å². The lowest BCUT2D eigenvalue weighted by Crippen LogP contribution is -2.57. The summed E-state index contributed by atoms with van der Waals surface area (Å²) in [6.07, 6.45) is 3.55. The third-order valence-corrected chi connectivity index (χ3v) is 4.12. The Balaban J connectivity index is 1.77. The van der Waals surface area contributed by atoms with Crippen molar-refractivity contribution in [2.24, 2.45) is 0 Å². The van der Waals surface area contributed by atoms with Crippen LogP contribution < -0.4 is 10.6 Å². The van der Waals surface area contributed by atoms with Crippen LogP contribution in [-0.2, 0) is 4.79 Å². The van der Waals surface area contributed by atoms with Gasteiger partial charge in [-0.2, -0.15) is 0 Å². The van der Waals surface area contributed by atoms with Crippen LogP contribution in [0.5, 0.6) is 0 Å². The Kier molecular flexibility index (Phi) is 4.73. The fourth-order valence-corrected chi connectivity index (χ4v) is 2.53. The molecule has 0 atom stereocenters. The van der Waals surface area contributed by atoms with Gasteiger partial charge in [0, 0.05) is 12.1 Å². The summed E-state index contributed by atoms with van der Waals surface area (Å²) >= 11 is 0. The molecule has 1 amide bonds. The van der Waals surface area contributed by atoms with Gasteiger partial charge in [-0.25, -0.2) is 4.39 Å². The van der Waals surface area contributed by atoms with Gasteiger partial charge < -0.3 is 15.5 Å². The van der Waals surface area contributed by atoms with Crippen molar-refractivity contribution >= 4 is 11.6 Å². The largest absolute Gasteiger partial charge is 0.322 e. The summed E-state index contributed by atoms with van der Waals surface area (Å²) in [4.78, 5) is 14.0. The summed E-state index contributed by atoms with van der Waals surface area (Å²) in [6.45, 7) is 0.981.